The van der Waals surface area contributed by atoms with Crippen LogP contribution in [0.15, 0.2) is 23.0 Å². The number of H-pyrrole nitrogens is 1. The Kier molecular flexibility index (Phi) is 2.40. The Bertz CT molecular complexity index is 617. The Labute approximate surface area is 96.4 Å². The predicted octanol–water partition coefficient (Wildman–Crippen LogP) is 1.91. The normalized spacial score (nSPS) is 19.9. The van der Waals surface area contributed by atoms with Crippen LogP contribution in [0.25, 0.3) is 10.9 Å². The maximum absolute atomic E-state index is 13.6. The molecular weight excluding hydrogens is 223 g/mol. The second-order valence-electron chi connectivity index (χ2n) is 4.09. The average molecular weight is 234 g/mol. The van der Waals surface area contributed by atoms with Crippen molar-refractivity contribution in [3.8, 4) is 0 Å². The Morgan fingerprint density at radius 1 is 1.47 bits per heavy atom. The van der Waals surface area contributed by atoms with Crippen LogP contribution in [0, 0.1) is 5.82 Å². The maximum Gasteiger partial charge on any atom is 0.345 e. The molecule has 0 radical (unpaired) electrons. The number of halogens is 1. The Morgan fingerprint density at radius 2 is 2.35 bits per heavy atom. The number of nitrogens with one attached hydrogen (secondary N) is 1. The van der Waals surface area contributed by atoms with Gasteiger partial charge in [0.15, 0.2) is 0 Å². The van der Waals surface area contributed by atoms with Gasteiger partial charge in [0.25, 0.3) is 0 Å². The number of aromatic nitrogens is 2. The van der Waals surface area contributed by atoms with Gasteiger partial charge in [-0.2, -0.15) is 4.98 Å². The molecule has 88 valence electrons. The topological polar surface area (TPSA) is 55.0 Å². The molecule has 1 aromatic heterocycles. The molecule has 1 N–H and O–H groups in total. The fraction of sp³-hybridized carbons (Fsp3) is 0.333. The van der Waals surface area contributed by atoms with Crippen LogP contribution in [0.2, 0.25) is 0 Å². The summed E-state index contributed by atoms with van der Waals surface area (Å²) in [7, 11) is 0. The summed E-state index contributed by atoms with van der Waals surface area (Å²) in [5.41, 5.74) is 0.215. The standard InChI is InChI=1S/C12H11FN2O2/c13-8-4-1-3-7-10(8)14-12(16)15-11(7)9-5-2-6-17-9/h1,3-4,9H,2,5-6H2,(H,14,15,16). The van der Waals surface area contributed by atoms with Gasteiger partial charge >= 0.3 is 5.69 Å². The summed E-state index contributed by atoms with van der Waals surface area (Å²) < 4.78 is 19.1. The zero-order chi connectivity index (χ0) is 11.8. The first-order valence-electron chi connectivity index (χ1n) is 5.56. The van der Waals surface area contributed by atoms with Gasteiger partial charge in [-0.3, -0.25) is 0 Å². The number of nitrogens with zero attached hydrogens (tertiary/aromatic N) is 1. The lowest BCUT2D eigenvalue weighted by Gasteiger charge is -2.11. The van der Waals surface area contributed by atoms with Crippen molar-refractivity contribution in [3.63, 3.8) is 0 Å². The molecule has 4 nitrogen and oxygen atoms in total. The minimum atomic E-state index is -0.534. The molecule has 1 saturated heterocycles. The van der Waals surface area contributed by atoms with Gasteiger partial charge in [-0.05, 0) is 18.9 Å². The fourth-order valence-electron chi connectivity index (χ4n) is 2.22. The highest BCUT2D eigenvalue weighted by atomic mass is 19.1. The van der Waals surface area contributed by atoms with E-state index < -0.39 is 11.5 Å². The van der Waals surface area contributed by atoms with Crippen molar-refractivity contribution in [3.05, 3.63) is 40.2 Å². The van der Waals surface area contributed by atoms with E-state index >= 15 is 0 Å². The number of aromatic amines is 1. The van der Waals surface area contributed by atoms with Crippen LogP contribution in [-0.2, 0) is 4.74 Å². The van der Waals surface area contributed by atoms with E-state index in [0.717, 1.165) is 12.8 Å². The van der Waals surface area contributed by atoms with Crippen molar-refractivity contribution in [1.29, 1.82) is 0 Å². The SMILES string of the molecule is O=c1nc2c(F)cccc2c(C2CCCO2)[nH]1. The number of hydrogen-bond acceptors (Lipinski definition) is 3. The third-order valence-electron chi connectivity index (χ3n) is 2.98. The van der Waals surface area contributed by atoms with E-state index in [1.54, 1.807) is 12.1 Å². The van der Waals surface area contributed by atoms with E-state index in [2.05, 4.69) is 9.97 Å². The van der Waals surface area contributed by atoms with Gasteiger partial charge < -0.3 is 9.72 Å². The molecule has 1 aromatic carbocycles. The summed E-state index contributed by atoms with van der Waals surface area (Å²) in [6.07, 6.45) is 1.63. The van der Waals surface area contributed by atoms with Gasteiger partial charge in [0.1, 0.15) is 11.3 Å². The third-order valence-corrected chi connectivity index (χ3v) is 2.98. The maximum atomic E-state index is 13.6. The van der Waals surface area contributed by atoms with E-state index in [9.17, 15) is 9.18 Å². The third kappa shape index (κ3) is 1.72. The largest absolute Gasteiger partial charge is 0.372 e. The molecule has 0 saturated carbocycles. The minimum Gasteiger partial charge on any atom is -0.372 e. The van der Waals surface area contributed by atoms with Crippen molar-refractivity contribution in [1.82, 2.24) is 9.97 Å². The molecular formula is C12H11FN2O2. The zero-order valence-corrected chi connectivity index (χ0v) is 9.07. The van der Waals surface area contributed by atoms with Crippen molar-refractivity contribution in [2.24, 2.45) is 0 Å². The highest BCUT2D eigenvalue weighted by Crippen LogP contribution is 2.31. The van der Waals surface area contributed by atoms with Crippen LogP contribution < -0.4 is 5.69 Å². The number of ether oxygens (including phenoxy) is 1. The first-order chi connectivity index (χ1) is 8.25. The molecule has 1 aliphatic rings. The lowest BCUT2D eigenvalue weighted by Crippen LogP contribution is -2.16. The zero-order valence-electron chi connectivity index (χ0n) is 9.07. The molecule has 2 aromatic rings. The molecule has 1 aliphatic heterocycles. The average Bonchev–Trinajstić information content (AvgIpc) is 2.83. The van der Waals surface area contributed by atoms with Crippen LogP contribution >= 0.6 is 0 Å². The van der Waals surface area contributed by atoms with Crippen molar-refractivity contribution < 1.29 is 9.13 Å². The molecule has 0 spiro atoms. The highest BCUT2D eigenvalue weighted by Gasteiger charge is 2.22. The molecule has 17 heavy (non-hydrogen) atoms. The van der Waals surface area contributed by atoms with Crippen molar-refractivity contribution in [2.75, 3.05) is 6.61 Å². The van der Waals surface area contributed by atoms with E-state index in [1.807, 2.05) is 0 Å². The van der Waals surface area contributed by atoms with Crippen molar-refractivity contribution in [2.45, 2.75) is 18.9 Å². The molecule has 1 atom stereocenters. The van der Waals surface area contributed by atoms with E-state index in [-0.39, 0.29) is 11.6 Å². The lowest BCUT2D eigenvalue weighted by atomic mass is 10.1. The van der Waals surface area contributed by atoms with Crippen LogP contribution in [0.5, 0.6) is 0 Å². The summed E-state index contributed by atoms with van der Waals surface area (Å²) in [6, 6.07) is 4.66. The molecule has 0 bridgehead atoms. The van der Waals surface area contributed by atoms with Crippen LogP contribution in [0.4, 0.5) is 4.39 Å². The molecule has 3 rings (SSSR count). The van der Waals surface area contributed by atoms with Crippen LogP contribution in [-0.4, -0.2) is 16.6 Å². The molecule has 5 heteroatoms. The number of benzene rings is 1. The van der Waals surface area contributed by atoms with Gasteiger partial charge in [-0.15, -0.1) is 0 Å². The number of rotatable bonds is 1. The molecule has 1 unspecified atom stereocenters. The Morgan fingerprint density at radius 3 is 3.12 bits per heavy atom. The molecule has 0 amide bonds. The summed E-state index contributed by atoms with van der Waals surface area (Å²) in [5, 5.41) is 0.622. The predicted molar refractivity (Wildman–Crippen MR) is 60.2 cm³/mol. The molecule has 2 heterocycles. The summed E-state index contributed by atoms with van der Waals surface area (Å²) in [6.45, 7) is 0.672. The van der Waals surface area contributed by atoms with Gasteiger partial charge in [0.2, 0.25) is 0 Å². The van der Waals surface area contributed by atoms with Crippen LogP contribution in [0.3, 0.4) is 0 Å². The second kappa shape index (κ2) is 3.92. The quantitative estimate of drug-likeness (QED) is 0.820. The molecule has 0 aliphatic carbocycles. The van der Waals surface area contributed by atoms with Crippen LogP contribution in [0.1, 0.15) is 24.6 Å². The monoisotopic (exact) mass is 234 g/mol. The molecule has 1 fully saturated rings. The van der Waals surface area contributed by atoms with Crippen molar-refractivity contribution >= 4 is 10.9 Å². The number of para-hydroxylation sites is 1. The van der Waals surface area contributed by atoms with E-state index in [1.165, 1.54) is 6.07 Å². The van der Waals surface area contributed by atoms with Gasteiger partial charge in [-0.1, -0.05) is 12.1 Å². The summed E-state index contributed by atoms with van der Waals surface area (Å²) in [5.74, 6) is -0.479. The first-order valence-corrected chi connectivity index (χ1v) is 5.56. The van der Waals surface area contributed by atoms with E-state index in [4.69, 9.17) is 4.74 Å². The minimum absolute atomic E-state index is 0.113. The van der Waals surface area contributed by atoms with Gasteiger partial charge in [0.05, 0.1) is 11.8 Å². The summed E-state index contributed by atoms with van der Waals surface area (Å²) in [4.78, 5) is 17.8. The van der Waals surface area contributed by atoms with E-state index in [0.29, 0.717) is 17.7 Å². The van der Waals surface area contributed by atoms with Gasteiger partial charge in [0, 0.05) is 12.0 Å². The smallest absolute Gasteiger partial charge is 0.345 e. The highest BCUT2D eigenvalue weighted by molar-refractivity contribution is 5.81. The lowest BCUT2D eigenvalue weighted by molar-refractivity contribution is 0.109. The Balaban J connectivity index is 2.29. The van der Waals surface area contributed by atoms with Gasteiger partial charge in [-0.25, -0.2) is 9.18 Å². The fourth-order valence-corrected chi connectivity index (χ4v) is 2.22. The number of hydrogen-bond donors (Lipinski definition) is 1. The second-order valence-corrected chi connectivity index (χ2v) is 4.09. The number of fused-ring (bicyclic) bond motifs is 1. The Hall–Kier alpha value is -1.75. The first kappa shape index (κ1) is 10.4. The summed E-state index contributed by atoms with van der Waals surface area (Å²) >= 11 is 0.